The predicted octanol–water partition coefficient (Wildman–Crippen LogP) is 2.59. The molecule has 2 heteroatoms. The van der Waals surface area contributed by atoms with Gasteiger partial charge in [-0.05, 0) is 35.8 Å². The highest BCUT2D eigenvalue weighted by atomic mass is 15.2. The Bertz CT molecular complexity index is 348. The summed E-state index contributed by atoms with van der Waals surface area (Å²) in [6.07, 6.45) is 3.58. The van der Waals surface area contributed by atoms with E-state index in [0.717, 1.165) is 0 Å². The maximum absolute atomic E-state index is 5.65. The maximum Gasteiger partial charge on any atom is 0.0241 e. The summed E-state index contributed by atoms with van der Waals surface area (Å²) in [7, 11) is 0. The van der Waals surface area contributed by atoms with Crippen LogP contribution in [0.1, 0.15) is 43.7 Å². The zero-order valence-corrected chi connectivity index (χ0v) is 10.2. The standard InChI is InChI=1S/C14H22N2/c1-3-10(2)14(16-15)9-12-8-11-6-4-5-7-13(11)12/h4-7,10,12,14,16H,3,8-9,15H2,1-2H3. The first-order valence-electron chi connectivity index (χ1n) is 6.30. The van der Waals surface area contributed by atoms with Gasteiger partial charge in [-0.15, -0.1) is 0 Å². The van der Waals surface area contributed by atoms with Crippen molar-refractivity contribution in [2.45, 2.75) is 45.1 Å². The second-order valence-electron chi connectivity index (χ2n) is 4.99. The molecule has 3 atom stereocenters. The highest BCUT2D eigenvalue weighted by Crippen LogP contribution is 2.38. The SMILES string of the molecule is CCC(C)C(CC1Cc2ccccc21)NN. The van der Waals surface area contributed by atoms with Crippen LogP contribution in [-0.2, 0) is 6.42 Å². The molecule has 2 rings (SSSR count). The lowest BCUT2D eigenvalue weighted by molar-refractivity contribution is 0.321. The van der Waals surface area contributed by atoms with Crippen molar-refractivity contribution in [3.05, 3.63) is 35.4 Å². The summed E-state index contributed by atoms with van der Waals surface area (Å²) in [5, 5.41) is 0. The fourth-order valence-corrected chi connectivity index (χ4v) is 2.63. The van der Waals surface area contributed by atoms with Crippen molar-refractivity contribution >= 4 is 0 Å². The molecule has 0 bridgehead atoms. The van der Waals surface area contributed by atoms with Gasteiger partial charge in [-0.3, -0.25) is 11.3 Å². The normalized spacial score (nSPS) is 22.1. The Kier molecular flexibility index (Phi) is 3.62. The first-order chi connectivity index (χ1) is 7.76. The Morgan fingerprint density at radius 2 is 2.19 bits per heavy atom. The Morgan fingerprint density at radius 3 is 2.81 bits per heavy atom. The number of hydrogen-bond donors (Lipinski definition) is 2. The van der Waals surface area contributed by atoms with Crippen LogP contribution in [0, 0.1) is 5.92 Å². The first-order valence-corrected chi connectivity index (χ1v) is 6.30. The predicted molar refractivity (Wildman–Crippen MR) is 68.1 cm³/mol. The smallest absolute Gasteiger partial charge is 0.0241 e. The molecule has 3 N–H and O–H groups in total. The molecule has 1 aromatic carbocycles. The minimum absolute atomic E-state index is 0.448. The Morgan fingerprint density at radius 1 is 1.44 bits per heavy atom. The van der Waals surface area contributed by atoms with E-state index in [9.17, 15) is 0 Å². The van der Waals surface area contributed by atoms with Crippen molar-refractivity contribution in [2.75, 3.05) is 0 Å². The molecule has 1 aromatic rings. The van der Waals surface area contributed by atoms with Crippen molar-refractivity contribution in [1.82, 2.24) is 5.43 Å². The van der Waals surface area contributed by atoms with E-state index in [0.29, 0.717) is 17.9 Å². The number of hydrogen-bond acceptors (Lipinski definition) is 2. The molecule has 0 radical (unpaired) electrons. The molecule has 0 spiro atoms. The number of rotatable bonds is 5. The van der Waals surface area contributed by atoms with E-state index in [-0.39, 0.29) is 0 Å². The number of nitrogens with two attached hydrogens (primary N) is 1. The van der Waals surface area contributed by atoms with Gasteiger partial charge in [0.05, 0.1) is 0 Å². The van der Waals surface area contributed by atoms with E-state index >= 15 is 0 Å². The summed E-state index contributed by atoms with van der Waals surface area (Å²) >= 11 is 0. The Hall–Kier alpha value is -0.860. The number of benzene rings is 1. The summed E-state index contributed by atoms with van der Waals surface area (Å²) in [5.41, 5.74) is 6.04. The minimum Gasteiger partial charge on any atom is -0.271 e. The van der Waals surface area contributed by atoms with Crippen molar-refractivity contribution in [2.24, 2.45) is 11.8 Å². The van der Waals surface area contributed by atoms with Crippen LogP contribution in [0.3, 0.4) is 0 Å². The fourth-order valence-electron chi connectivity index (χ4n) is 2.63. The van der Waals surface area contributed by atoms with Crippen molar-refractivity contribution in [1.29, 1.82) is 0 Å². The molecular weight excluding hydrogens is 196 g/mol. The van der Waals surface area contributed by atoms with E-state index in [1.165, 1.54) is 30.4 Å². The van der Waals surface area contributed by atoms with Gasteiger partial charge in [-0.25, -0.2) is 0 Å². The van der Waals surface area contributed by atoms with Gasteiger partial charge in [-0.2, -0.15) is 0 Å². The Balaban J connectivity index is 1.97. The van der Waals surface area contributed by atoms with Crippen LogP contribution in [0.2, 0.25) is 0 Å². The monoisotopic (exact) mass is 218 g/mol. The maximum atomic E-state index is 5.65. The third kappa shape index (κ3) is 2.13. The third-order valence-corrected chi connectivity index (χ3v) is 4.04. The quantitative estimate of drug-likeness (QED) is 0.589. The summed E-state index contributed by atoms with van der Waals surface area (Å²) in [4.78, 5) is 0. The van der Waals surface area contributed by atoms with Crippen LogP contribution in [0.25, 0.3) is 0 Å². The van der Waals surface area contributed by atoms with Crippen molar-refractivity contribution in [3.63, 3.8) is 0 Å². The molecule has 16 heavy (non-hydrogen) atoms. The van der Waals surface area contributed by atoms with Gasteiger partial charge in [-0.1, -0.05) is 44.5 Å². The van der Waals surface area contributed by atoms with E-state index < -0.39 is 0 Å². The molecule has 0 saturated heterocycles. The summed E-state index contributed by atoms with van der Waals surface area (Å²) < 4.78 is 0. The van der Waals surface area contributed by atoms with Crippen LogP contribution < -0.4 is 11.3 Å². The third-order valence-electron chi connectivity index (χ3n) is 4.04. The average molecular weight is 218 g/mol. The Labute approximate surface area is 98.2 Å². The molecule has 88 valence electrons. The van der Waals surface area contributed by atoms with E-state index in [1.54, 1.807) is 0 Å². The molecule has 0 heterocycles. The number of hydrazine groups is 1. The largest absolute Gasteiger partial charge is 0.271 e. The van der Waals surface area contributed by atoms with Gasteiger partial charge >= 0.3 is 0 Å². The van der Waals surface area contributed by atoms with Gasteiger partial charge in [0.1, 0.15) is 0 Å². The lowest BCUT2D eigenvalue weighted by Crippen LogP contribution is -2.42. The lowest BCUT2D eigenvalue weighted by Gasteiger charge is -2.34. The molecular formula is C14H22N2. The second-order valence-corrected chi connectivity index (χ2v) is 4.99. The number of nitrogens with one attached hydrogen (secondary N) is 1. The molecule has 2 nitrogen and oxygen atoms in total. The average Bonchev–Trinajstić information content (AvgIpc) is 2.30. The summed E-state index contributed by atoms with van der Waals surface area (Å²) in [5.74, 6) is 7.01. The molecule has 1 aliphatic carbocycles. The van der Waals surface area contributed by atoms with Gasteiger partial charge in [0.2, 0.25) is 0 Å². The van der Waals surface area contributed by atoms with Crippen molar-refractivity contribution in [3.8, 4) is 0 Å². The van der Waals surface area contributed by atoms with Crippen LogP contribution >= 0.6 is 0 Å². The second kappa shape index (κ2) is 4.98. The first kappa shape index (κ1) is 11.6. The summed E-state index contributed by atoms with van der Waals surface area (Å²) in [6, 6.07) is 9.21. The molecule has 0 aliphatic heterocycles. The van der Waals surface area contributed by atoms with Crippen LogP contribution in [0.15, 0.2) is 24.3 Å². The summed E-state index contributed by atoms with van der Waals surface area (Å²) in [6.45, 7) is 4.50. The molecule has 0 fully saturated rings. The zero-order valence-electron chi connectivity index (χ0n) is 10.2. The molecule has 1 aliphatic rings. The highest BCUT2D eigenvalue weighted by molar-refractivity contribution is 5.39. The van der Waals surface area contributed by atoms with Crippen LogP contribution in [0.4, 0.5) is 0 Å². The topological polar surface area (TPSA) is 38.0 Å². The lowest BCUT2D eigenvalue weighted by atomic mass is 9.73. The van der Waals surface area contributed by atoms with Gasteiger partial charge in [0, 0.05) is 6.04 Å². The van der Waals surface area contributed by atoms with Gasteiger partial charge in [0.15, 0.2) is 0 Å². The highest BCUT2D eigenvalue weighted by Gasteiger charge is 2.29. The number of fused-ring (bicyclic) bond motifs is 1. The molecule has 0 aromatic heterocycles. The minimum atomic E-state index is 0.448. The van der Waals surface area contributed by atoms with E-state index in [2.05, 4.69) is 43.5 Å². The molecule has 0 amide bonds. The van der Waals surface area contributed by atoms with Crippen molar-refractivity contribution < 1.29 is 0 Å². The van der Waals surface area contributed by atoms with Crippen LogP contribution in [-0.4, -0.2) is 6.04 Å². The van der Waals surface area contributed by atoms with E-state index in [4.69, 9.17) is 5.84 Å². The van der Waals surface area contributed by atoms with Gasteiger partial charge in [0.25, 0.3) is 0 Å². The fraction of sp³-hybridized carbons (Fsp3) is 0.571. The molecule has 0 saturated carbocycles. The van der Waals surface area contributed by atoms with Gasteiger partial charge < -0.3 is 0 Å². The van der Waals surface area contributed by atoms with Crippen LogP contribution in [0.5, 0.6) is 0 Å². The zero-order chi connectivity index (χ0) is 11.5. The van der Waals surface area contributed by atoms with E-state index in [1.807, 2.05) is 0 Å². The molecule has 3 unspecified atom stereocenters.